The molecule has 2 heterocycles. The minimum Gasteiger partial charge on any atom is -0.374 e. The Hall–Kier alpha value is -0.200. The molecule has 2 saturated heterocycles. The van der Waals surface area contributed by atoms with Crippen molar-refractivity contribution in [3.05, 3.63) is 0 Å². The average molecular weight is 284 g/mol. The van der Waals surface area contributed by atoms with Gasteiger partial charge in [0.05, 0.1) is 12.7 Å². The second kappa shape index (κ2) is 7.71. The van der Waals surface area contributed by atoms with Gasteiger partial charge in [-0.05, 0) is 20.8 Å². The molecule has 2 aliphatic heterocycles. The highest BCUT2D eigenvalue weighted by Crippen LogP contribution is 2.12. The molecule has 2 atom stereocenters. The number of nitrogens with zero attached hydrogens (tertiary/aromatic N) is 3. The number of hydrogen-bond acceptors (Lipinski definition) is 5. The first-order valence-electron chi connectivity index (χ1n) is 8.12. The fourth-order valence-corrected chi connectivity index (χ4v) is 3.15. The lowest BCUT2D eigenvalue weighted by Crippen LogP contribution is -2.55. The zero-order valence-electron chi connectivity index (χ0n) is 13.4. The Labute approximate surface area is 124 Å². The molecule has 0 aliphatic carbocycles. The van der Waals surface area contributed by atoms with Crippen LogP contribution < -0.4 is 5.73 Å². The molecule has 0 saturated carbocycles. The third-order valence-electron chi connectivity index (χ3n) is 4.73. The summed E-state index contributed by atoms with van der Waals surface area (Å²) in [6, 6.07) is 1.14. The first-order valence-corrected chi connectivity index (χ1v) is 8.12. The van der Waals surface area contributed by atoms with Crippen molar-refractivity contribution in [1.82, 2.24) is 14.7 Å². The number of rotatable bonds is 5. The molecule has 2 N–H and O–H groups in total. The van der Waals surface area contributed by atoms with Gasteiger partial charge in [-0.15, -0.1) is 0 Å². The van der Waals surface area contributed by atoms with Crippen LogP contribution in [0, 0.1) is 0 Å². The third kappa shape index (κ3) is 4.40. The van der Waals surface area contributed by atoms with Crippen LogP contribution in [0.15, 0.2) is 0 Å². The molecule has 2 fully saturated rings. The lowest BCUT2D eigenvalue weighted by molar-refractivity contribution is -0.0572. The molecule has 20 heavy (non-hydrogen) atoms. The Morgan fingerprint density at radius 3 is 2.35 bits per heavy atom. The van der Waals surface area contributed by atoms with Gasteiger partial charge in [0, 0.05) is 64.4 Å². The maximum absolute atomic E-state index is 5.94. The van der Waals surface area contributed by atoms with Crippen LogP contribution in [-0.4, -0.2) is 91.9 Å². The van der Waals surface area contributed by atoms with Gasteiger partial charge in [0.1, 0.15) is 0 Å². The molecular formula is C15H32N4O. The number of morpholine rings is 1. The first kappa shape index (κ1) is 16.2. The van der Waals surface area contributed by atoms with Gasteiger partial charge in [0.2, 0.25) is 0 Å². The van der Waals surface area contributed by atoms with E-state index in [1.165, 1.54) is 0 Å². The van der Waals surface area contributed by atoms with Crippen LogP contribution in [0.4, 0.5) is 0 Å². The standard InChI is InChI=1S/C15H32N4O/c1-13(2)19-8-9-20-15(12-19)11-17-4-6-18(7-5-17)14(3)10-16/h13-15H,4-12,16H2,1-3H3. The van der Waals surface area contributed by atoms with Crippen LogP contribution >= 0.6 is 0 Å². The maximum atomic E-state index is 5.94. The minimum atomic E-state index is 0.379. The molecule has 0 bridgehead atoms. The van der Waals surface area contributed by atoms with Crippen molar-refractivity contribution >= 4 is 0 Å². The van der Waals surface area contributed by atoms with Gasteiger partial charge in [-0.3, -0.25) is 14.7 Å². The van der Waals surface area contributed by atoms with Crippen molar-refractivity contribution in [2.45, 2.75) is 39.0 Å². The largest absolute Gasteiger partial charge is 0.374 e. The van der Waals surface area contributed by atoms with Crippen molar-refractivity contribution in [1.29, 1.82) is 0 Å². The Balaban J connectivity index is 1.72. The maximum Gasteiger partial charge on any atom is 0.0829 e. The summed E-state index contributed by atoms with van der Waals surface area (Å²) in [5.74, 6) is 0. The van der Waals surface area contributed by atoms with E-state index in [-0.39, 0.29) is 0 Å². The summed E-state index contributed by atoms with van der Waals surface area (Å²) in [4.78, 5) is 7.58. The Bertz CT molecular complexity index is 279. The van der Waals surface area contributed by atoms with Crippen LogP contribution in [0.2, 0.25) is 0 Å². The van der Waals surface area contributed by atoms with Gasteiger partial charge in [-0.2, -0.15) is 0 Å². The third-order valence-corrected chi connectivity index (χ3v) is 4.73. The van der Waals surface area contributed by atoms with Crippen LogP contribution in [0.1, 0.15) is 20.8 Å². The van der Waals surface area contributed by atoms with Crippen LogP contribution in [0.5, 0.6) is 0 Å². The van der Waals surface area contributed by atoms with E-state index in [1.54, 1.807) is 0 Å². The van der Waals surface area contributed by atoms with Crippen molar-refractivity contribution in [3.8, 4) is 0 Å². The summed E-state index contributed by atoms with van der Waals surface area (Å²) >= 11 is 0. The van der Waals surface area contributed by atoms with E-state index in [9.17, 15) is 0 Å². The Kier molecular flexibility index (Phi) is 6.23. The zero-order valence-corrected chi connectivity index (χ0v) is 13.4. The molecule has 0 radical (unpaired) electrons. The molecule has 0 amide bonds. The molecule has 0 spiro atoms. The van der Waals surface area contributed by atoms with Crippen molar-refractivity contribution in [2.75, 3.05) is 59.0 Å². The first-order chi connectivity index (χ1) is 9.60. The summed E-state index contributed by atoms with van der Waals surface area (Å²) in [6.07, 6.45) is 0.379. The number of nitrogens with two attached hydrogens (primary N) is 1. The SMILES string of the molecule is CC(C)N1CCOC(CN2CCN(C(C)CN)CC2)C1. The van der Waals surface area contributed by atoms with E-state index in [0.29, 0.717) is 18.2 Å². The Morgan fingerprint density at radius 2 is 1.75 bits per heavy atom. The van der Waals surface area contributed by atoms with Crippen LogP contribution in [0.3, 0.4) is 0 Å². The van der Waals surface area contributed by atoms with Crippen molar-refractivity contribution < 1.29 is 4.74 Å². The summed E-state index contributed by atoms with van der Waals surface area (Å²) in [5.41, 5.74) is 5.75. The second-order valence-corrected chi connectivity index (χ2v) is 6.50. The van der Waals surface area contributed by atoms with Gasteiger partial charge < -0.3 is 10.5 Å². The molecule has 2 rings (SSSR count). The molecule has 5 heteroatoms. The van der Waals surface area contributed by atoms with Gasteiger partial charge >= 0.3 is 0 Å². The van der Waals surface area contributed by atoms with E-state index >= 15 is 0 Å². The molecular weight excluding hydrogens is 252 g/mol. The molecule has 5 nitrogen and oxygen atoms in total. The van der Waals surface area contributed by atoms with Gasteiger partial charge in [0.25, 0.3) is 0 Å². The quantitative estimate of drug-likeness (QED) is 0.773. The summed E-state index contributed by atoms with van der Waals surface area (Å²) in [7, 11) is 0. The number of piperazine rings is 1. The fraction of sp³-hybridized carbons (Fsp3) is 1.00. The summed E-state index contributed by atoms with van der Waals surface area (Å²) in [5, 5.41) is 0. The highest BCUT2D eigenvalue weighted by atomic mass is 16.5. The topological polar surface area (TPSA) is 45.0 Å². The van der Waals surface area contributed by atoms with Crippen molar-refractivity contribution in [3.63, 3.8) is 0 Å². The van der Waals surface area contributed by atoms with E-state index < -0.39 is 0 Å². The normalized spacial score (nSPS) is 28.9. The van der Waals surface area contributed by atoms with E-state index in [4.69, 9.17) is 10.5 Å². The van der Waals surface area contributed by atoms with E-state index in [1.807, 2.05) is 0 Å². The molecule has 2 unspecified atom stereocenters. The summed E-state index contributed by atoms with van der Waals surface area (Å²) < 4.78 is 5.94. The second-order valence-electron chi connectivity index (χ2n) is 6.50. The van der Waals surface area contributed by atoms with Crippen molar-refractivity contribution in [2.24, 2.45) is 5.73 Å². The highest BCUT2D eigenvalue weighted by Gasteiger charge is 2.26. The molecule has 0 aromatic rings. The lowest BCUT2D eigenvalue weighted by Gasteiger charge is -2.41. The number of ether oxygens (including phenoxy) is 1. The van der Waals surface area contributed by atoms with Gasteiger partial charge in [-0.25, -0.2) is 0 Å². The lowest BCUT2D eigenvalue weighted by atomic mass is 10.2. The molecule has 118 valence electrons. The van der Waals surface area contributed by atoms with Crippen LogP contribution in [-0.2, 0) is 4.74 Å². The van der Waals surface area contributed by atoms with Crippen LogP contribution in [0.25, 0.3) is 0 Å². The van der Waals surface area contributed by atoms with E-state index in [2.05, 4.69) is 35.5 Å². The molecule has 0 aromatic carbocycles. The predicted molar refractivity (Wildman–Crippen MR) is 83.0 cm³/mol. The zero-order chi connectivity index (χ0) is 14.5. The van der Waals surface area contributed by atoms with Gasteiger partial charge in [0.15, 0.2) is 0 Å². The average Bonchev–Trinajstić information content (AvgIpc) is 2.47. The molecule has 0 aromatic heterocycles. The van der Waals surface area contributed by atoms with E-state index in [0.717, 1.165) is 59.0 Å². The predicted octanol–water partition coefficient (Wildman–Crippen LogP) is 0.0604. The highest BCUT2D eigenvalue weighted by molar-refractivity contribution is 4.81. The monoisotopic (exact) mass is 284 g/mol. The minimum absolute atomic E-state index is 0.379. The smallest absolute Gasteiger partial charge is 0.0829 e. The summed E-state index contributed by atoms with van der Waals surface area (Å²) in [6.45, 7) is 16.2. The molecule has 2 aliphatic rings. The van der Waals surface area contributed by atoms with Gasteiger partial charge in [-0.1, -0.05) is 0 Å². The Morgan fingerprint density at radius 1 is 1.05 bits per heavy atom. The number of hydrogen-bond donors (Lipinski definition) is 1. The fourth-order valence-electron chi connectivity index (χ4n) is 3.15.